The summed E-state index contributed by atoms with van der Waals surface area (Å²) >= 11 is 0. The van der Waals surface area contributed by atoms with Crippen LogP contribution < -0.4 is 4.74 Å². The summed E-state index contributed by atoms with van der Waals surface area (Å²) in [5.41, 5.74) is 1.16. The third-order valence-corrected chi connectivity index (χ3v) is 4.87. The van der Waals surface area contributed by atoms with E-state index < -0.39 is 0 Å². The van der Waals surface area contributed by atoms with Gasteiger partial charge in [0.1, 0.15) is 11.5 Å². The van der Waals surface area contributed by atoms with Gasteiger partial charge in [-0.25, -0.2) is 0 Å². The molecular weight excluding hydrogens is 272 g/mol. The second-order valence-corrected chi connectivity index (χ2v) is 6.55. The number of Topliss-reactive ketones (excluding diaryl/α,β-unsaturated/α-hetero) is 1. The van der Waals surface area contributed by atoms with Crippen molar-refractivity contribution in [2.75, 3.05) is 6.61 Å². The monoisotopic (exact) mass is 302 g/mol. The van der Waals surface area contributed by atoms with Crippen molar-refractivity contribution in [2.45, 2.75) is 71.1 Å². The van der Waals surface area contributed by atoms with E-state index in [2.05, 4.69) is 26.0 Å². The van der Waals surface area contributed by atoms with E-state index >= 15 is 0 Å². The zero-order valence-electron chi connectivity index (χ0n) is 14.1. The Morgan fingerprint density at radius 2 is 1.82 bits per heavy atom. The van der Waals surface area contributed by atoms with Gasteiger partial charge in [0.15, 0.2) is 0 Å². The SMILES string of the molecule is CCCCCCOc1ccc([C@H]2CC[C@H](CC)CC2=O)cc1. The maximum absolute atomic E-state index is 12.3. The third kappa shape index (κ3) is 4.86. The van der Waals surface area contributed by atoms with Crippen LogP contribution >= 0.6 is 0 Å². The Hall–Kier alpha value is -1.31. The molecule has 22 heavy (non-hydrogen) atoms. The number of ether oxygens (including phenoxy) is 1. The average molecular weight is 302 g/mol. The molecule has 1 fully saturated rings. The van der Waals surface area contributed by atoms with Crippen LogP contribution in [0.25, 0.3) is 0 Å². The van der Waals surface area contributed by atoms with E-state index in [1.165, 1.54) is 25.7 Å². The summed E-state index contributed by atoms with van der Waals surface area (Å²) < 4.78 is 5.77. The number of hydrogen-bond acceptors (Lipinski definition) is 2. The van der Waals surface area contributed by atoms with Crippen molar-refractivity contribution < 1.29 is 9.53 Å². The molecule has 0 spiro atoms. The largest absolute Gasteiger partial charge is 0.494 e. The lowest BCUT2D eigenvalue weighted by Gasteiger charge is -2.27. The van der Waals surface area contributed by atoms with Gasteiger partial charge in [0, 0.05) is 12.3 Å². The van der Waals surface area contributed by atoms with Crippen molar-refractivity contribution in [3.05, 3.63) is 29.8 Å². The van der Waals surface area contributed by atoms with Crippen LogP contribution in [0.3, 0.4) is 0 Å². The molecule has 1 saturated carbocycles. The van der Waals surface area contributed by atoms with Crippen molar-refractivity contribution in [3.63, 3.8) is 0 Å². The summed E-state index contributed by atoms with van der Waals surface area (Å²) in [5.74, 6) is 2.07. The highest BCUT2D eigenvalue weighted by Gasteiger charge is 2.28. The molecule has 2 atom stereocenters. The van der Waals surface area contributed by atoms with Gasteiger partial charge < -0.3 is 4.74 Å². The zero-order chi connectivity index (χ0) is 15.8. The molecule has 2 heteroatoms. The van der Waals surface area contributed by atoms with Gasteiger partial charge in [0.25, 0.3) is 0 Å². The summed E-state index contributed by atoms with van der Waals surface area (Å²) in [4.78, 5) is 12.3. The molecule has 0 aromatic heterocycles. The molecule has 0 N–H and O–H groups in total. The van der Waals surface area contributed by atoms with Crippen molar-refractivity contribution in [2.24, 2.45) is 5.92 Å². The van der Waals surface area contributed by atoms with Crippen LogP contribution in [-0.2, 0) is 4.79 Å². The predicted molar refractivity (Wildman–Crippen MR) is 91.5 cm³/mol. The fourth-order valence-electron chi connectivity index (χ4n) is 3.31. The smallest absolute Gasteiger partial charge is 0.140 e. The van der Waals surface area contributed by atoms with E-state index in [-0.39, 0.29) is 5.92 Å². The van der Waals surface area contributed by atoms with Gasteiger partial charge in [-0.1, -0.05) is 51.7 Å². The highest BCUT2D eigenvalue weighted by atomic mass is 16.5. The standard InChI is InChI=1S/C20H30O2/c1-3-5-6-7-14-22-18-11-9-17(10-12-18)19-13-8-16(4-2)15-20(19)21/h9-12,16,19H,3-8,13-15H2,1-2H3/t16-,19+/m0/s1. The van der Waals surface area contributed by atoms with E-state index in [0.717, 1.165) is 43.6 Å². The Labute approximate surface area is 135 Å². The van der Waals surface area contributed by atoms with E-state index in [4.69, 9.17) is 4.74 Å². The Balaban J connectivity index is 1.82. The number of hydrogen-bond donors (Lipinski definition) is 0. The second kappa shape index (κ2) is 8.97. The Bertz CT molecular complexity index is 449. The zero-order valence-corrected chi connectivity index (χ0v) is 14.1. The normalized spacial score (nSPS) is 21.8. The van der Waals surface area contributed by atoms with Crippen LogP contribution in [0.4, 0.5) is 0 Å². The number of carbonyl (C=O) groups is 1. The number of ketones is 1. The number of carbonyl (C=O) groups excluding carboxylic acids is 1. The minimum Gasteiger partial charge on any atom is -0.494 e. The van der Waals surface area contributed by atoms with Gasteiger partial charge in [-0.05, 0) is 42.9 Å². The van der Waals surface area contributed by atoms with E-state index in [1.54, 1.807) is 0 Å². The molecule has 2 rings (SSSR count). The van der Waals surface area contributed by atoms with Crippen LogP contribution in [0.5, 0.6) is 5.75 Å². The molecule has 0 bridgehead atoms. The van der Waals surface area contributed by atoms with E-state index in [9.17, 15) is 4.79 Å². The molecule has 1 aromatic rings. The molecular formula is C20H30O2. The van der Waals surface area contributed by atoms with Crippen LogP contribution in [-0.4, -0.2) is 12.4 Å². The lowest BCUT2D eigenvalue weighted by Crippen LogP contribution is -2.23. The molecule has 2 nitrogen and oxygen atoms in total. The van der Waals surface area contributed by atoms with Crippen molar-refractivity contribution >= 4 is 5.78 Å². The predicted octanol–water partition coefficient (Wildman–Crippen LogP) is 5.51. The molecule has 0 amide bonds. The summed E-state index contributed by atoms with van der Waals surface area (Å²) in [6, 6.07) is 8.20. The summed E-state index contributed by atoms with van der Waals surface area (Å²) in [6.45, 7) is 5.19. The molecule has 1 aliphatic carbocycles. The van der Waals surface area contributed by atoms with Crippen LogP contribution in [0.1, 0.15) is 76.7 Å². The van der Waals surface area contributed by atoms with Crippen LogP contribution in [0.15, 0.2) is 24.3 Å². The first-order chi connectivity index (χ1) is 10.7. The third-order valence-electron chi connectivity index (χ3n) is 4.87. The lowest BCUT2D eigenvalue weighted by atomic mass is 9.77. The molecule has 1 aromatic carbocycles. The van der Waals surface area contributed by atoms with Crippen molar-refractivity contribution in [3.8, 4) is 5.75 Å². The second-order valence-electron chi connectivity index (χ2n) is 6.55. The first-order valence-corrected chi connectivity index (χ1v) is 9.00. The van der Waals surface area contributed by atoms with Gasteiger partial charge in [0.2, 0.25) is 0 Å². The minimum absolute atomic E-state index is 0.112. The molecule has 0 saturated heterocycles. The Morgan fingerprint density at radius 3 is 2.45 bits per heavy atom. The number of benzene rings is 1. The molecule has 122 valence electrons. The van der Waals surface area contributed by atoms with Gasteiger partial charge >= 0.3 is 0 Å². The molecule has 0 heterocycles. The van der Waals surface area contributed by atoms with Gasteiger partial charge in [0.05, 0.1) is 6.61 Å². The fourth-order valence-corrected chi connectivity index (χ4v) is 3.31. The first-order valence-electron chi connectivity index (χ1n) is 9.00. The van der Waals surface area contributed by atoms with Crippen LogP contribution in [0.2, 0.25) is 0 Å². The first kappa shape index (κ1) is 17.1. The maximum Gasteiger partial charge on any atom is 0.140 e. The van der Waals surface area contributed by atoms with Crippen molar-refractivity contribution in [1.29, 1.82) is 0 Å². The van der Waals surface area contributed by atoms with E-state index in [0.29, 0.717) is 11.7 Å². The molecule has 0 radical (unpaired) electrons. The van der Waals surface area contributed by atoms with Gasteiger partial charge in [-0.2, -0.15) is 0 Å². The number of unbranched alkanes of at least 4 members (excludes halogenated alkanes) is 3. The molecule has 0 aliphatic heterocycles. The number of rotatable bonds is 8. The summed E-state index contributed by atoms with van der Waals surface area (Å²) in [5, 5.41) is 0. The summed E-state index contributed by atoms with van der Waals surface area (Å²) in [6.07, 6.45) is 8.98. The van der Waals surface area contributed by atoms with E-state index in [1.807, 2.05) is 12.1 Å². The highest BCUT2D eigenvalue weighted by Crippen LogP contribution is 2.34. The maximum atomic E-state index is 12.3. The highest BCUT2D eigenvalue weighted by molar-refractivity contribution is 5.86. The summed E-state index contributed by atoms with van der Waals surface area (Å²) in [7, 11) is 0. The molecule has 0 unspecified atom stereocenters. The average Bonchev–Trinajstić information content (AvgIpc) is 2.55. The minimum atomic E-state index is 0.112. The Kier molecular flexibility index (Phi) is 6.95. The topological polar surface area (TPSA) is 26.3 Å². The molecule has 1 aliphatic rings. The van der Waals surface area contributed by atoms with Gasteiger partial charge in [-0.15, -0.1) is 0 Å². The quantitative estimate of drug-likeness (QED) is 0.592. The Morgan fingerprint density at radius 1 is 1.05 bits per heavy atom. The lowest BCUT2D eigenvalue weighted by molar-refractivity contribution is -0.123. The van der Waals surface area contributed by atoms with Crippen molar-refractivity contribution in [1.82, 2.24) is 0 Å². The fraction of sp³-hybridized carbons (Fsp3) is 0.650. The van der Waals surface area contributed by atoms with Crippen LogP contribution in [0, 0.1) is 5.92 Å². The van der Waals surface area contributed by atoms with Gasteiger partial charge in [-0.3, -0.25) is 4.79 Å².